The van der Waals surface area contributed by atoms with Crippen molar-refractivity contribution in [1.82, 2.24) is 9.88 Å². The molecule has 1 aliphatic rings. The number of likely N-dealkylation sites (tertiary alicyclic amines) is 1. The summed E-state index contributed by atoms with van der Waals surface area (Å²) in [6.07, 6.45) is 3.98. The second kappa shape index (κ2) is 5.17. The van der Waals surface area contributed by atoms with Crippen LogP contribution in [0, 0.1) is 5.92 Å². The van der Waals surface area contributed by atoms with Crippen molar-refractivity contribution in [1.29, 1.82) is 0 Å². The molecular formula is C13H17BrN2O. The Kier molecular flexibility index (Phi) is 3.82. The number of rotatable bonds is 1. The lowest BCUT2D eigenvalue weighted by molar-refractivity contribution is 0.0572. The largest absolute Gasteiger partial charge is 0.336 e. The summed E-state index contributed by atoms with van der Waals surface area (Å²) in [5.74, 6) is 0.676. The van der Waals surface area contributed by atoms with Gasteiger partial charge in [-0.25, -0.2) is 4.98 Å². The van der Waals surface area contributed by atoms with E-state index in [0.29, 0.717) is 22.1 Å². The zero-order valence-corrected chi connectivity index (χ0v) is 11.8. The molecule has 0 saturated carbocycles. The van der Waals surface area contributed by atoms with E-state index in [9.17, 15) is 4.79 Å². The molecule has 0 N–H and O–H groups in total. The molecule has 17 heavy (non-hydrogen) atoms. The topological polar surface area (TPSA) is 33.2 Å². The molecule has 0 aromatic carbocycles. The summed E-state index contributed by atoms with van der Waals surface area (Å²) in [6, 6.07) is 3.95. The van der Waals surface area contributed by atoms with Crippen molar-refractivity contribution in [2.24, 2.45) is 5.92 Å². The van der Waals surface area contributed by atoms with Gasteiger partial charge in [0.2, 0.25) is 0 Å². The molecule has 1 aromatic heterocycles. The Balaban J connectivity index is 2.22. The van der Waals surface area contributed by atoms with Crippen LogP contribution in [0.2, 0.25) is 0 Å². The first-order valence-corrected chi connectivity index (χ1v) is 6.80. The first-order chi connectivity index (χ1) is 8.09. The van der Waals surface area contributed by atoms with Gasteiger partial charge in [0.25, 0.3) is 5.91 Å². The molecule has 2 rings (SSSR count). The summed E-state index contributed by atoms with van der Waals surface area (Å²) in [5.41, 5.74) is 0.661. The SMILES string of the molecule is CC1CCC(C)N(C(=O)c2cccnc2Br)C1. The second-order valence-corrected chi connectivity index (χ2v) is 5.58. The minimum Gasteiger partial charge on any atom is -0.336 e. The van der Waals surface area contributed by atoms with Crippen molar-refractivity contribution < 1.29 is 4.79 Å². The fourth-order valence-corrected chi connectivity index (χ4v) is 2.69. The van der Waals surface area contributed by atoms with Gasteiger partial charge in [-0.1, -0.05) is 6.92 Å². The number of pyridine rings is 1. The molecule has 1 fully saturated rings. The van der Waals surface area contributed by atoms with Crippen molar-refractivity contribution in [3.8, 4) is 0 Å². The highest BCUT2D eigenvalue weighted by atomic mass is 79.9. The lowest BCUT2D eigenvalue weighted by Gasteiger charge is -2.36. The molecule has 92 valence electrons. The number of halogens is 1. The van der Waals surface area contributed by atoms with Gasteiger partial charge in [0.05, 0.1) is 5.56 Å². The Labute approximate surface area is 110 Å². The lowest BCUT2D eigenvalue weighted by atomic mass is 9.94. The van der Waals surface area contributed by atoms with Crippen LogP contribution < -0.4 is 0 Å². The minimum absolute atomic E-state index is 0.0871. The second-order valence-electron chi connectivity index (χ2n) is 4.83. The first-order valence-electron chi connectivity index (χ1n) is 6.01. The highest BCUT2D eigenvalue weighted by Crippen LogP contribution is 2.24. The predicted molar refractivity (Wildman–Crippen MR) is 70.8 cm³/mol. The number of carbonyl (C=O) groups excluding carboxylic acids is 1. The smallest absolute Gasteiger partial charge is 0.256 e. The molecule has 0 spiro atoms. The van der Waals surface area contributed by atoms with Crippen molar-refractivity contribution in [2.75, 3.05) is 6.54 Å². The van der Waals surface area contributed by atoms with Crippen molar-refractivity contribution >= 4 is 21.8 Å². The maximum Gasteiger partial charge on any atom is 0.256 e. The zero-order valence-electron chi connectivity index (χ0n) is 10.2. The summed E-state index contributed by atoms with van der Waals surface area (Å²) in [6.45, 7) is 5.17. The molecule has 0 aliphatic carbocycles. The number of amides is 1. The number of carbonyl (C=O) groups is 1. The average molecular weight is 297 g/mol. The van der Waals surface area contributed by atoms with Gasteiger partial charge in [-0.3, -0.25) is 4.79 Å². The molecule has 0 radical (unpaired) electrons. The van der Waals surface area contributed by atoms with Crippen LogP contribution in [0.4, 0.5) is 0 Å². The van der Waals surface area contributed by atoms with E-state index in [1.807, 2.05) is 11.0 Å². The highest BCUT2D eigenvalue weighted by Gasteiger charge is 2.28. The van der Waals surface area contributed by atoms with Crippen LogP contribution in [0.1, 0.15) is 37.0 Å². The third-order valence-electron chi connectivity index (χ3n) is 3.37. The molecule has 1 amide bonds. The molecule has 2 heterocycles. The molecule has 3 nitrogen and oxygen atoms in total. The van der Waals surface area contributed by atoms with E-state index in [2.05, 4.69) is 34.8 Å². The number of nitrogens with zero attached hydrogens (tertiary/aromatic N) is 2. The molecule has 4 heteroatoms. The summed E-state index contributed by atoms with van der Waals surface area (Å²) >= 11 is 3.34. The molecule has 1 aliphatic heterocycles. The van der Waals surface area contributed by atoms with E-state index in [1.165, 1.54) is 6.42 Å². The van der Waals surface area contributed by atoms with Crippen LogP contribution in [0.5, 0.6) is 0 Å². The highest BCUT2D eigenvalue weighted by molar-refractivity contribution is 9.10. The Morgan fingerprint density at radius 2 is 2.24 bits per heavy atom. The third-order valence-corrected chi connectivity index (χ3v) is 4.00. The van der Waals surface area contributed by atoms with E-state index >= 15 is 0 Å². The van der Waals surface area contributed by atoms with Gasteiger partial charge in [0.15, 0.2) is 0 Å². The fourth-order valence-electron chi connectivity index (χ4n) is 2.27. The van der Waals surface area contributed by atoms with E-state index in [0.717, 1.165) is 13.0 Å². The van der Waals surface area contributed by atoms with Crippen LogP contribution in [0.3, 0.4) is 0 Å². The lowest BCUT2D eigenvalue weighted by Crippen LogP contribution is -2.45. The first kappa shape index (κ1) is 12.6. The summed E-state index contributed by atoms with van der Waals surface area (Å²) < 4.78 is 0.635. The summed E-state index contributed by atoms with van der Waals surface area (Å²) in [5, 5.41) is 0. The zero-order chi connectivity index (χ0) is 12.4. The van der Waals surface area contributed by atoms with E-state index < -0.39 is 0 Å². The molecule has 1 saturated heterocycles. The minimum atomic E-state index is 0.0871. The van der Waals surface area contributed by atoms with E-state index in [1.54, 1.807) is 12.3 Å². The quantitative estimate of drug-likeness (QED) is 0.746. The van der Waals surface area contributed by atoms with Gasteiger partial charge in [-0.05, 0) is 53.7 Å². The molecule has 0 bridgehead atoms. The molecular weight excluding hydrogens is 280 g/mol. The number of aromatic nitrogens is 1. The number of piperidine rings is 1. The maximum absolute atomic E-state index is 12.4. The van der Waals surface area contributed by atoms with Crippen LogP contribution in [-0.2, 0) is 0 Å². The molecule has 2 atom stereocenters. The standard InChI is InChI=1S/C13H17BrN2O/c1-9-5-6-10(2)16(8-9)13(17)11-4-3-7-15-12(11)14/h3-4,7,9-10H,5-6,8H2,1-2H3. The number of hydrogen-bond donors (Lipinski definition) is 0. The Morgan fingerprint density at radius 3 is 2.94 bits per heavy atom. The van der Waals surface area contributed by atoms with Crippen LogP contribution >= 0.6 is 15.9 Å². The van der Waals surface area contributed by atoms with E-state index in [4.69, 9.17) is 0 Å². The monoisotopic (exact) mass is 296 g/mol. The van der Waals surface area contributed by atoms with Crippen molar-refractivity contribution in [3.05, 3.63) is 28.5 Å². The van der Waals surface area contributed by atoms with Crippen LogP contribution in [0.25, 0.3) is 0 Å². The average Bonchev–Trinajstić information content (AvgIpc) is 2.32. The molecule has 1 aromatic rings. The van der Waals surface area contributed by atoms with Crippen LogP contribution in [-0.4, -0.2) is 28.4 Å². The van der Waals surface area contributed by atoms with Gasteiger partial charge < -0.3 is 4.90 Å². The van der Waals surface area contributed by atoms with Gasteiger partial charge >= 0.3 is 0 Å². The van der Waals surface area contributed by atoms with Crippen molar-refractivity contribution in [2.45, 2.75) is 32.7 Å². The van der Waals surface area contributed by atoms with Gasteiger partial charge in [0.1, 0.15) is 4.60 Å². The maximum atomic E-state index is 12.4. The normalized spacial score (nSPS) is 24.8. The van der Waals surface area contributed by atoms with Gasteiger partial charge in [0, 0.05) is 18.8 Å². The predicted octanol–water partition coefficient (Wildman–Crippen LogP) is 3.10. The van der Waals surface area contributed by atoms with Gasteiger partial charge in [-0.2, -0.15) is 0 Å². The van der Waals surface area contributed by atoms with E-state index in [-0.39, 0.29) is 5.91 Å². The van der Waals surface area contributed by atoms with Gasteiger partial charge in [-0.15, -0.1) is 0 Å². The third kappa shape index (κ3) is 2.68. The summed E-state index contributed by atoms with van der Waals surface area (Å²) in [4.78, 5) is 18.5. The Hall–Kier alpha value is -0.900. The Morgan fingerprint density at radius 1 is 1.47 bits per heavy atom. The fraction of sp³-hybridized carbons (Fsp3) is 0.538. The Bertz CT molecular complexity index is 422. The van der Waals surface area contributed by atoms with Crippen LogP contribution in [0.15, 0.2) is 22.9 Å². The molecule has 2 unspecified atom stereocenters. The van der Waals surface area contributed by atoms with Crippen molar-refractivity contribution in [3.63, 3.8) is 0 Å². The number of hydrogen-bond acceptors (Lipinski definition) is 2. The summed E-state index contributed by atoms with van der Waals surface area (Å²) in [7, 11) is 0.